The summed E-state index contributed by atoms with van der Waals surface area (Å²) < 4.78 is 0.732. The molecule has 2 aromatic rings. The van der Waals surface area contributed by atoms with Crippen LogP contribution >= 0.6 is 27.3 Å². The zero-order chi connectivity index (χ0) is 15.4. The van der Waals surface area contributed by atoms with E-state index in [2.05, 4.69) is 21.2 Å². The molecule has 0 saturated heterocycles. The number of hydrogen-bond acceptors (Lipinski definition) is 5. The number of benzene rings is 1. The minimum Gasteiger partial charge on any atom is -0.481 e. The first-order chi connectivity index (χ1) is 9.95. The van der Waals surface area contributed by atoms with Crippen molar-refractivity contribution in [3.05, 3.63) is 54.7 Å². The number of nitrogens with one attached hydrogen (secondary N) is 1. The van der Waals surface area contributed by atoms with Crippen molar-refractivity contribution >= 4 is 44.6 Å². The van der Waals surface area contributed by atoms with E-state index < -0.39 is 10.9 Å². The molecule has 0 aliphatic rings. The molecule has 0 fully saturated rings. The number of hydrogen-bond donors (Lipinski definition) is 2. The van der Waals surface area contributed by atoms with Gasteiger partial charge in [-0.1, -0.05) is 0 Å². The van der Waals surface area contributed by atoms with E-state index in [1.807, 2.05) is 6.07 Å². The average Bonchev–Trinajstić information content (AvgIpc) is 2.84. The molecule has 0 saturated carbocycles. The number of nitro benzene ring substituents is 1. The van der Waals surface area contributed by atoms with Gasteiger partial charge in [0.05, 0.1) is 17.0 Å². The summed E-state index contributed by atoms with van der Waals surface area (Å²) in [5, 5.41) is 22.6. The second kappa shape index (κ2) is 6.68. The van der Waals surface area contributed by atoms with E-state index in [4.69, 9.17) is 5.11 Å². The van der Waals surface area contributed by atoms with Crippen LogP contribution in [0.2, 0.25) is 0 Å². The largest absolute Gasteiger partial charge is 0.481 e. The summed E-state index contributed by atoms with van der Waals surface area (Å²) in [7, 11) is 0. The topological polar surface area (TPSA) is 92.5 Å². The van der Waals surface area contributed by atoms with E-state index in [0.717, 1.165) is 14.2 Å². The SMILES string of the molecule is O=C(O)Cc1ccc(CNc2cc([N+](=O)[O-])ccc2Br)s1. The van der Waals surface area contributed by atoms with E-state index in [1.165, 1.54) is 23.5 Å². The number of halogens is 1. The van der Waals surface area contributed by atoms with Crippen LogP contribution in [0.5, 0.6) is 0 Å². The molecule has 0 atom stereocenters. The van der Waals surface area contributed by atoms with Crippen molar-refractivity contribution in [2.45, 2.75) is 13.0 Å². The van der Waals surface area contributed by atoms with Crippen molar-refractivity contribution in [1.82, 2.24) is 0 Å². The highest BCUT2D eigenvalue weighted by molar-refractivity contribution is 9.10. The van der Waals surface area contributed by atoms with Crippen LogP contribution in [0.25, 0.3) is 0 Å². The zero-order valence-electron chi connectivity index (χ0n) is 10.7. The molecule has 0 radical (unpaired) electrons. The maximum absolute atomic E-state index is 10.8. The van der Waals surface area contributed by atoms with Crippen LogP contribution in [-0.4, -0.2) is 16.0 Å². The lowest BCUT2D eigenvalue weighted by Gasteiger charge is -2.07. The number of nitrogens with zero attached hydrogens (tertiary/aromatic N) is 1. The summed E-state index contributed by atoms with van der Waals surface area (Å²) in [6, 6.07) is 8.12. The minimum atomic E-state index is -0.863. The molecule has 0 bridgehead atoms. The normalized spacial score (nSPS) is 10.3. The van der Waals surface area contributed by atoms with Gasteiger partial charge in [-0.2, -0.15) is 0 Å². The minimum absolute atomic E-state index is 0.00513. The van der Waals surface area contributed by atoms with Gasteiger partial charge in [0.2, 0.25) is 0 Å². The summed E-state index contributed by atoms with van der Waals surface area (Å²) >= 11 is 4.74. The first kappa shape index (κ1) is 15.5. The number of carbonyl (C=O) groups is 1. The van der Waals surface area contributed by atoms with Crippen molar-refractivity contribution in [2.24, 2.45) is 0 Å². The fourth-order valence-electron chi connectivity index (χ4n) is 1.71. The fourth-order valence-corrected chi connectivity index (χ4v) is 3.04. The summed E-state index contributed by atoms with van der Waals surface area (Å²) in [5.41, 5.74) is 0.635. The van der Waals surface area contributed by atoms with Crippen molar-refractivity contribution in [3.8, 4) is 0 Å². The van der Waals surface area contributed by atoms with Crippen LogP contribution < -0.4 is 5.32 Å². The Balaban J connectivity index is 2.05. The number of nitro groups is 1. The average molecular weight is 371 g/mol. The van der Waals surface area contributed by atoms with Gasteiger partial charge in [0.15, 0.2) is 0 Å². The first-order valence-corrected chi connectivity index (χ1v) is 7.54. The van der Waals surface area contributed by atoms with Crippen LogP contribution in [0.4, 0.5) is 11.4 Å². The maximum atomic E-state index is 10.8. The van der Waals surface area contributed by atoms with Crippen molar-refractivity contribution in [3.63, 3.8) is 0 Å². The van der Waals surface area contributed by atoms with E-state index in [1.54, 1.807) is 12.1 Å². The molecule has 21 heavy (non-hydrogen) atoms. The first-order valence-electron chi connectivity index (χ1n) is 5.93. The smallest absolute Gasteiger partial charge is 0.308 e. The van der Waals surface area contributed by atoms with Gasteiger partial charge >= 0.3 is 5.97 Å². The number of carboxylic acids is 1. The van der Waals surface area contributed by atoms with Crippen LogP contribution in [0.3, 0.4) is 0 Å². The van der Waals surface area contributed by atoms with Gasteiger partial charge in [0.25, 0.3) is 5.69 Å². The van der Waals surface area contributed by atoms with E-state index in [9.17, 15) is 14.9 Å². The number of non-ortho nitro benzene ring substituents is 1. The third kappa shape index (κ3) is 4.27. The molecule has 1 heterocycles. The fraction of sp³-hybridized carbons (Fsp3) is 0.154. The predicted molar refractivity (Wildman–Crippen MR) is 83.8 cm³/mol. The molecule has 1 aromatic heterocycles. The van der Waals surface area contributed by atoms with E-state index in [0.29, 0.717) is 12.2 Å². The van der Waals surface area contributed by atoms with Crippen molar-refractivity contribution < 1.29 is 14.8 Å². The van der Waals surface area contributed by atoms with Crippen molar-refractivity contribution in [1.29, 1.82) is 0 Å². The zero-order valence-corrected chi connectivity index (χ0v) is 13.1. The Morgan fingerprint density at radius 2 is 2.05 bits per heavy atom. The standard InChI is InChI=1S/C13H11BrN2O4S/c14-11-4-1-8(16(19)20)5-12(11)15-7-10-3-2-9(21-10)6-13(17)18/h1-5,15H,6-7H2,(H,17,18). The number of aliphatic carboxylic acids is 1. The second-order valence-corrected chi connectivity index (χ2v) is 6.32. The van der Waals surface area contributed by atoms with Gasteiger partial charge in [0, 0.05) is 32.9 Å². The molecule has 0 unspecified atom stereocenters. The van der Waals surface area contributed by atoms with Gasteiger partial charge in [-0.25, -0.2) is 0 Å². The molecule has 0 aliphatic carbocycles. The van der Waals surface area contributed by atoms with Crippen molar-refractivity contribution in [2.75, 3.05) is 5.32 Å². The van der Waals surface area contributed by atoms with Crippen LogP contribution in [0.1, 0.15) is 9.75 Å². The third-order valence-corrected chi connectivity index (χ3v) is 4.43. The van der Waals surface area contributed by atoms with Gasteiger partial charge in [0.1, 0.15) is 0 Å². The third-order valence-electron chi connectivity index (χ3n) is 2.66. The summed E-state index contributed by atoms with van der Waals surface area (Å²) in [4.78, 5) is 22.7. The molecule has 2 N–H and O–H groups in total. The number of carboxylic acid groups (broad SMARTS) is 1. The Hall–Kier alpha value is -1.93. The lowest BCUT2D eigenvalue weighted by molar-refractivity contribution is -0.384. The molecule has 0 spiro atoms. The number of thiophene rings is 1. The lowest BCUT2D eigenvalue weighted by Crippen LogP contribution is -1.99. The highest BCUT2D eigenvalue weighted by Gasteiger charge is 2.10. The second-order valence-electron chi connectivity index (χ2n) is 4.21. The maximum Gasteiger partial charge on any atom is 0.308 e. The molecule has 6 nitrogen and oxygen atoms in total. The van der Waals surface area contributed by atoms with E-state index in [-0.39, 0.29) is 12.1 Å². The molecular formula is C13H11BrN2O4S. The molecule has 0 amide bonds. The Morgan fingerprint density at radius 1 is 1.33 bits per heavy atom. The van der Waals surface area contributed by atoms with Crippen LogP contribution in [-0.2, 0) is 17.8 Å². The highest BCUT2D eigenvalue weighted by Crippen LogP contribution is 2.28. The molecular weight excluding hydrogens is 360 g/mol. The predicted octanol–water partition coefficient (Wildman–Crippen LogP) is 3.66. The Bertz CT molecular complexity index is 687. The summed E-state index contributed by atoms with van der Waals surface area (Å²) in [6.07, 6.45) is 0.00513. The van der Waals surface area contributed by atoms with E-state index >= 15 is 0 Å². The lowest BCUT2D eigenvalue weighted by atomic mass is 10.3. The van der Waals surface area contributed by atoms with Gasteiger partial charge in [-0.3, -0.25) is 14.9 Å². The highest BCUT2D eigenvalue weighted by atomic mass is 79.9. The monoisotopic (exact) mass is 370 g/mol. The Labute approximate surface area is 132 Å². The van der Waals surface area contributed by atoms with Gasteiger partial charge in [-0.15, -0.1) is 11.3 Å². The number of anilines is 1. The number of rotatable bonds is 6. The van der Waals surface area contributed by atoms with Crippen LogP contribution in [0.15, 0.2) is 34.8 Å². The molecule has 1 aromatic carbocycles. The molecule has 2 rings (SSSR count). The van der Waals surface area contributed by atoms with Gasteiger partial charge < -0.3 is 10.4 Å². The van der Waals surface area contributed by atoms with Gasteiger partial charge in [-0.05, 0) is 34.1 Å². The Morgan fingerprint density at radius 3 is 2.71 bits per heavy atom. The quantitative estimate of drug-likeness (QED) is 0.597. The molecule has 0 aliphatic heterocycles. The molecule has 110 valence electrons. The van der Waals surface area contributed by atoms with Crippen LogP contribution in [0, 0.1) is 10.1 Å². The molecule has 8 heteroatoms. The Kier molecular flexibility index (Phi) is 4.92. The summed E-state index contributed by atoms with van der Waals surface area (Å²) in [6.45, 7) is 0.476. The summed E-state index contributed by atoms with van der Waals surface area (Å²) in [5.74, 6) is -0.863.